The van der Waals surface area contributed by atoms with Crippen molar-refractivity contribution >= 4 is 0 Å². The van der Waals surface area contributed by atoms with Crippen LogP contribution in [0.1, 0.15) is 56.9 Å². The molecule has 3 nitrogen and oxygen atoms in total. The Morgan fingerprint density at radius 2 is 1.10 bits per heavy atom. The van der Waals surface area contributed by atoms with Gasteiger partial charge in [0, 0.05) is 17.9 Å². The third-order valence-corrected chi connectivity index (χ3v) is 6.55. The molecule has 30 heavy (non-hydrogen) atoms. The number of aromatic nitrogens is 2. The average Bonchev–Trinajstić information content (AvgIpc) is 2.87. The fourth-order valence-corrected chi connectivity index (χ4v) is 5.02. The Kier molecular flexibility index (Phi) is 7.25. The van der Waals surface area contributed by atoms with Crippen molar-refractivity contribution in [2.45, 2.75) is 56.9 Å². The van der Waals surface area contributed by atoms with Crippen LogP contribution in [0, 0.1) is 0 Å². The fraction of sp³-hybridized carbons (Fsp3) is 0.407. The highest BCUT2D eigenvalue weighted by atomic mass is 15.2. The van der Waals surface area contributed by atoms with Crippen molar-refractivity contribution in [1.82, 2.24) is 14.9 Å². The van der Waals surface area contributed by atoms with Gasteiger partial charge in [0.25, 0.3) is 0 Å². The van der Waals surface area contributed by atoms with E-state index in [0.29, 0.717) is 5.54 Å². The fourth-order valence-electron chi connectivity index (χ4n) is 5.02. The first-order valence-corrected chi connectivity index (χ1v) is 11.5. The Bertz CT molecular complexity index is 815. The van der Waals surface area contributed by atoms with Crippen LogP contribution in [-0.4, -0.2) is 28.0 Å². The summed E-state index contributed by atoms with van der Waals surface area (Å²) in [6.07, 6.45) is 14.8. The van der Waals surface area contributed by atoms with Gasteiger partial charge in [-0.05, 0) is 68.6 Å². The summed E-state index contributed by atoms with van der Waals surface area (Å²) in [6, 6.07) is 22.9. The van der Waals surface area contributed by atoms with Gasteiger partial charge in [-0.3, -0.25) is 14.9 Å². The molecule has 1 saturated heterocycles. The molecule has 156 valence electrons. The summed E-state index contributed by atoms with van der Waals surface area (Å²) in [4.78, 5) is 11.2. The number of hydrogen-bond acceptors (Lipinski definition) is 3. The molecule has 2 aromatic heterocycles. The normalized spacial score (nSPS) is 18.8. The largest absolute Gasteiger partial charge is 0.294 e. The van der Waals surface area contributed by atoms with Crippen molar-refractivity contribution in [3.05, 3.63) is 84.7 Å². The smallest absolute Gasteiger partial charge is 0.0886 e. The van der Waals surface area contributed by atoms with Crippen LogP contribution in [0.5, 0.6) is 0 Å². The molecule has 0 atom stereocenters. The molecule has 1 aliphatic carbocycles. The first-order chi connectivity index (χ1) is 14.9. The minimum Gasteiger partial charge on any atom is -0.294 e. The van der Waals surface area contributed by atoms with Crippen molar-refractivity contribution in [2.75, 3.05) is 13.1 Å². The van der Waals surface area contributed by atoms with Crippen molar-refractivity contribution in [3.63, 3.8) is 0 Å². The van der Waals surface area contributed by atoms with Gasteiger partial charge in [-0.1, -0.05) is 68.1 Å². The van der Waals surface area contributed by atoms with E-state index >= 15 is 0 Å². The Hall–Kier alpha value is -2.52. The molecule has 0 spiro atoms. The number of nitrogens with zero attached hydrogens (tertiary/aromatic N) is 3. The summed E-state index contributed by atoms with van der Waals surface area (Å²) in [6.45, 7) is 2.63. The molecule has 3 heteroatoms. The summed E-state index contributed by atoms with van der Waals surface area (Å²) >= 11 is 0. The second-order valence-corrected chi connectivity index (χ2v) is 8.44. The van der Waals surface area contributed by atoms with Crippen LogP contribution in [0.2, 0.25) is 0 Å². The maximum atomic E-state index is 4.19. The van der Waals surface area contributed by atoms with E-state index < -0.39 is 0 Å². The topological polar surface area (TPSA) is 29.0 Å². The second kappa shape index (κ2) is 10.5. The molecule has 3 heterocycles. The maximum Gasteiger partial charge on any atom is 0.0886 e. The summed E-state index contributed by atoms with van der Waals surface area (Å²) in [7, 11) is 0. The zero-order valence-corrected chi connectivity index (χ0v) is 17.9. The minimum atomic E-state index is 0.375. The van der Waals surface area contributed by atoms with Crippen LogP contribution in [-0.2, 0) is 5.54 Å². The first-order valence-electron chi connectivity index (χ1n) is 11.5. The standard InChI is InChI=1S/C17H25N.C10H8N2/c1-4-10-16(11-5-1)17(12-6-2-7-13-17)18-14-8-3-9-15-18;1-3-7-11-9(5-1)10-6-2-4-8-12-10/h1,4-5,10-11H,2-3,6-9,12-15H2;1-8H. The molecule has 0 bridgehead atoms. The van der Waals surface area contributed by atoms with Gasteiger partial charge in [-0.25, -0.2) is 0 Å². The predicted octanol–water partition coefficient (Wildman–Crippen LogP) is 6.48. The zero-order valence-electron chi connectivity index (χ0n) is 17.9. The van der Waals surface area contributed by atoms with Gasteiger partial charge in [0.05, 0.1) is 11.4 Å². The summed E-state index contributed by atoms with van der Waals surface area (Å²) in [5, 5.41) is 0. The Morgan fingerprint density at radius 1 is 0.567 bits per heavy atom. The summed E-state index contributed by atoms with van der Waals surface area (Å²) in [5.41, 5.74) is 3.78. The number of piperidine rings is 1. The van der Waals surface area contributed by atoms with Gasteiger partial charge < -0.3 is 0 Å². The minimum absolute atomic E-state index is 0.375. The zero-order chi connectivity index (χ0) is 20.5. The van der Waals surface area contributed by atoms with Gasteiger partial charge in [0.2, 0.25) is 0 Å². The lowest BCUT2D eigenvalue weighted by Gasteiger charge is -2.48. The molecule has 1 aromatic carbocycles. The molecule has 1 saturated carbocycles. The molecule has 0 unspecified atom stereocenters. The lowest BCUT2D eigenvalue weighted by atomic mass is 9.74. The molecular weight excluding hydrogens is 366 g/mol. The number of hydrogen-bond donors (Lipinski definition) is 0. The first kappa shape index (κ1) is 20.7. The quantitative estimate of drug-likeness (QED) is 0.505. The molecule has 1 aliphatic heterocycles. The molecule has 3 aromatic rings. The maximum absolute atomic E-state index is 4.19. The van der Waals surface area contributed by atoms with Crippen LogP contribution in [0.3, 0.4) is 0 Å². The number of rotatable bonds is 3. The van der Waals surface area contributed by atoms with Crippen molar-refractivity contribution in [3.8, 4) is 11.4 Å². The third-order valence-electron chi connectivity index (χ3n) is 6.55. The van der Waals surface area contributed by atoms with E-state index in [1.807, 2.05) is 36.4 Å². The summed E-state index contributed by atoms with van der Waals surface area (Å²) in [5.74, 6) is 0. The molecule has 0 N–H and O–H groups in total. The Morgan fingerprint density at radius 3 is 1.63 bits per heavy atom. The second-order valence-electron chi connectivity index (χ2n) is 8.44. The SMILES string of the molecule is c1ccc(-c2ccccn2)nc1.c1ccc(C2(N3CCCCC3)CCCCC2)cc1. The van der Waals surface area contributed by atoms with Gasteiger partial charge in [-0.2, -0.15) is 0 Å². The predicted molar refractivity (Wildman–Crippen MR) is 124 cm³/mol. The molecule has 5 rings (SSSR count). The van der Waals surface area contributed by atoms with Crippen LogP contribution in [0.25, 0.3) is 11.4 Å². The van der Waals surface area contributed by atoms with Gasteiger partial charge in [0.1, 0.15) is 0 Å². The van der Waals surface area contributed by atoms with E-state index in [1.165, 1.54) is 64.5 Å². The van der Waals surface area contributed by atoms with E-state index in [2.05, 4.69) is 45.2 Å². The Balaban J connectivity index is 0.000000158. The van der Waals surface area contributed by atoms with Crippen LogP contribution in [0.4, 0.5) is 0 Å². The average molecular weight is 400 g/mol. The van der Waals surface area contributed by atoms with E-state index in [1.54, 1.807) is 18.0 Å². The van der Waals surface area contributed by atoms with E-state index in [0.717, 1.165) is 11.4 Å². The van der Waals surface area contributed by atoms with Gasteiger partial charge in [-0.15, -0.1) is 0 Å². The van der Waals surface area contributed by atoms with E-state index in [4.69, 9.17) is 0 Å². The highest BCUT2D eigenvalue weighted by Crippen LogP contribution is 2.43. The molecule has 2 aliphatic rings. The van der Waals surface area contributed by atoms with Crippen molar-refractivity contribution in [1.29, 1.82) is 0 Å². The van der Waals surface area contributed by atoms with Crippen molar-refractivity contribution in [2.24, 2.45) is 0 Å². The monoisotopic (exact) mass is 399 g/mol. The molecule has 0 amide bonds. The lowest BCUT2D eigenvalue weighted by Crippen LogP contribution is -2.49. The highest BCUT2D eigenvalue weighted by molar-refractivity contribution is 5.52. The summed E-state index contributed by atoms with van der Waals surface area (Å²) < 4.78 is 0. The van der Waals surface area contributed by atoms with E-state index in [9.17, 15) is 0 Å². The highest BCUT2D eigenvalue weighted by Gasteiger charge is 2.39. The van der Waals surface area contributed by atoms with Crippen LogP contribution >= 0.6 is 0 Å². The van der Waals surface area contributed by atoms with Crippen LogP contribution in [0.15, 0.2) is 79.1 Å². The number of likely N-dealkylation sites (tertiary alicyclic amines) is 1. The lowest BCUT2D eigenvalue weighted by molar-refractivity contribution is 0.0303. The van der Waals surface area contributed by atoms with Gasteiger partial charge in [0.15, 0.2) is 0 Å². The van der Waals surface area contributed by atoms with Crippen LogP contribution < -0.4 is 0 Å². The number of pyridine rings is 2. The molecule has 2 fully saturated rings. The number of benzene rings is 1. The molecular formula is C27H33N3. The molecule has 0 radical (unpaired) electrons. The van der Waals surface area contributed by atoms with Gasteiger partial charge >= 0.3 is 0 Å². The Labute approximate surface area is 181 Å². The van der Waals surface area contributed by atoms with E-state index in [-0.39, 0.29) is 0 Å². The third kappa shape index (κ3) is 4.96. The van der Waals surface area contributed by atoms with Crippen molar-refractivity contribution < 1.29 is 0 Å².